The van der Waals surface area contributed by atoms with Crippen molar-refractivity contribution in [1.82, 2.24) is 19.0 Å². The third-order valence-corrected chi connectivity index (χ3v) is 7.78. The molecule has 2 amide bonds. The number of carbonyl (C=O) groups excluding carboxylic acids is 2. The van der Waals surface area contributed by atoms with E-state index in [2.05, 4.69) is 9.84 Å². The Bertz CT molecular complexity index is 1310. The number of rotatable bonds is 7. The van der Waals surface area contributed by atoms with E-state index >= 15 is 0 Å². The number of benzene rings is 1. The fraction of sp³-hybridized carbons (Fsp3) is 0.348. The molecule has 1 aromatic heterocycles. The van der Waals surface area contributed by atoms with Crippen molar-refractivity contribution in [2.24, 2.45) is 0 Å². The number of hydrogen-bond donors (Lipinski definition) is 0. The van der Waals surface area contributed by atoms with Gasteiger partial charge in [-0.3, -0.25) is 9.59 Å². The number of nitrogens with zero attached hydrogens (tertiary/aromatic N) is 4. The van der Waals surface area contributed by atoms with Gasteiger partial charge in [0.25, 0.3) is 15.9 Å². The van der Waals surface area contributed by atoms with Gasteiger partial charge in [-0.25, -0.2) is 0 Å². The Morgan fingerprint density at radius 2 is 1.89 bits per heavy atom. The second-order valence-electron chi connectivity index (χ2n) is 8.45. The molecule has 1 aromatic carbocycles. The Morgan fingerprint density at radius 1 is 1.11 bits per heavy atom. The summed E-state index contributed by atoms with van der Waals surface area (Å²) in [6.45, 7) is -2.21. The number of carbonyl (C=O) groups is 2. The molecule has 2 aliphatic heterocycles. The number of β-lactam (4-membered cyclic amide) rings is 1. The molecule has 0 radical (unpaired) electrons. The molecule has 1 saturated heterocycles. The summed E-state index contributed by atoms with van der Waals surface area (Å²) in [5.41, 5.74) is 1.83. The number of likely N-dealkylation sites (tertiary alicyclic amines) is 1. The standard InChI is InChI=1S/C23H22F2N4O5S/c24-23(25)34-17-6-8-18(9-7-17)35(32,33)29-13-16-12-27(14-19(16)26-29)22(31)21(28-11-10-20(28)30)15-4-2-1-3-5-15/h2,4-9,13,21,23H,1,3,10-12,14H2/t21-/m0/s1. The molecule has 0 bridgehead atoms. The van der Waals surface area contributed by atoms with E-state index in [-0.39, 0.29) is 35.5 Å². The van der Waals surface area contributed by atoms with Gasteiger partial charge in [0.2, 0.25) is 5.91 Å². The summed E-state index contributed by atoms with van der Waals surface area (Å²) in [4.78, 5) is 28.6. The Hall–Kier alpha value is -3.54. The van der Waals surface area contributed by atoms with E-state index in [0.717, 1.165) is 46.8 Å². The first-order valence-electron chi connectivity index (χ1n) is 11.1. The van der Waals surface area contributed by atoms with Crippen LogP contribution in [0.25, 0.3) is 0 Å². The molecule has 0 N–H and O–H groups in total. The molecular weight excluding hydrogens is 482 g/mol. The number of aromatic nitrogens is 2. The lowest BCUT2D eigenvalue weighted by molar-refractivity contribution is -0.151. The first kappa shape index (κ1) is 23.2. The number of hydrogen-bond acceptors (Lipinski definition) is 6. The zero-order valence-electron chi connectivity index (χ0n) is 18.5. The van der Waals surface area contributed by atoms with Crippen molar-refractivity contribution < 1.29 is 31.5 Å². The molecule has 35 heavy (non-hydrogen) atoms. The number of fused-ring (bicyclic) bond motifs is 1. The predicted octanol–water partition coefficient (Wildman–Crippen LogP) is 2.44. The van der Waals surface area contributed by atoms with Gasteiger partial charge < -0.3 is 14.5 Å². The Kier molecular flexibility index (Phi) is 5.91. The predicted molar refractivity (Wildman–Crippen MR) is 119 cm³/mol. The highest BCUT2D eigenvalue weighted by Gasteiger charge is 2.41. The molecule has 1 aliphatic carbocycles. The third kappa shape index (κ3) is 4.33. The van der Waals surface area contributed by atoms with Gasteiger partial charge in [-0.15, -0.1) is 0 Å². The molecule has 0 unspecified atom stereocenters. The quantitative estimate of drug-likeness (QED) is 0.537. The van der Waals surface area contributed by atoms with Crippen LogP contribution in [0.1, 0.15) is 30.5 Å². The lowest BCUT2D eigenvalue weighted by atomic mass is 9.95. The van der Waals surface area contributed by atoms with E-state index in [0.29, 0.717) is 24.2 Å². The summed E-state index contributed by atoms with van der Waals surface area (Å²) in [5.74, 6) is -0.450. The summed E-state index contributed by atoms with van der Waals surface area (Å²) in [7, 11) is -4.06. The van der Waals surface area contributed by atoms with Gasteiger partial charge in [-0.05, 0) is 42.7 Å². The first-order valence-corrected chi connectivity index (χ1v) is 12.5. The minimum absolute atomic E-state index is 0.0681. The number of halogens is 2. The highest BCUT2D eigenvalue weighted by molar-refractivity contribution is 7.89. The molecule has 9 nitrogen and oxygen atoms in total. The van der Waals surface area contributed by atoms with Crippen LogP contribution in [-0.2, 0) is 32.7 Å². The Balaban J connectivity index is 1.33. The van der Waals surface area contributed by atoms with Crippen LogP contribution in [0.2, 0.25) is 0 Å². The van der Waals surface area contributed by atoms with Crippen LogP contribution in [0, 0.1) is 0 Å². The van der Waals surface area contributed by atoms with Gasteiger partial charge in [0.15, 0.2) is 0 Å². The topological polar surface area (TPSA) is 102 Å². The van der Waals surface area contributed by atoms with E-state index in [1.54, 1.807) is 9.80 Å². The Labute approximate surface area is 200 Å². The Morgan fingerprint density at radius 3 is 2.46 bits per heavy atom. The molecule has 0 spiro atoms. The van der Waals surface area contributed by atoms with Gasteiger partial charge in [-0.1, -0.05) is 18.2 Å². The normalized spacial score (nSPS) is 18.4. The van der Waals surface area contributed by atoms with Crippen LogP contribution in [0.15, 0.2) is 59.2 Å². The zero-order chi connectivity index (χ0) is 24.7. The van der Waals surface area contributed by atoms with E-state index in [4.69, 9.17) is 0 Å². The van der Waals surface area contributed by atoms with Crippen LogP contribution in [0.3, 0.4) is 0 Å². The zero-order valence-corrected chi connectivity index (χ0v) is 19.3. The number of allylic oxidation sites excluding steroid dienone is 2. The van der Waals surface area contributed by atoms with Crippen molar-refractivity contribution in [3.63, 3.8) is 0 Å². The van der Waals surface area contributed by atoms with Crippen LogP contribution in [0.5, 0.6) is 5.75 Å². The molecule has 12 heteroatoms. The highest BCUT2D eigenvalue weighted by Crippen LogP contribution is 2.30. The second kappa shape index (κ2) is 8.91. The van der Waals surface area contributed by atoms with Crippen molar-refractivity contribution in [1.29, 1.82) is 0 Å². The van der Waals surface area contributed by atoms with Gasteiger partial charge in [0.05, 0.1) is 17.1 Å². The SMILES string of the molecule is O=C([C@H](C1=CCCC=C1)N1CCC1=O)N1Cc2cn(S(=O)(=O)c3ccc(OC(F)F)cc3)nc2C1. The van der Waals surface area contributed by atoms with Crippen molar-refractivity contribution in [2.45, 2.75) is 49.9 Å². The van der Waals surface area contributed by atoms with Crippen LogP contribution < -0.4 is 4.74 Å². The third-order valence-electron chi connectivity index (χ3n) is 6.23. The van der Waals surface area contributed by atoms with Crippen LogP contribution >= 0.6 is 0 Å². The van der Waals surface area contributed by atoms with Crippen molar-refractivity contribution in [3.05, 3.63) is 65.5 Å². The molecule has 1 fully saturated rings. The number of amides is 2. The summed E-state index contributed by atoms with van der Waals surface area (Å²) in [6, 6.07) is 3.91. The van der Waals surface area contributed by atoms with Crippen LogP contribution in [-0.4, -0.2) is 58.4 Å². The van der Waals surface area contributed by atoms with Gasteiger partial charge in [0.1, 0.15) is 11.8 Å². The van der Waals surface area contributed by atoms with E-state index in [1.165, 1.54) is 6.20 Å². The molecule has 1 atom stereocenters. The lowest BCUT2D eigenvalue weighted by Crippen LogP contribution is -2.56. The summed E-state index contributed by atoms with van der Waals surface area (Å²) in [6.07, 6.45) is 9.31. The first-order chi connectivity index (χ1) is 16.7. The van der Waals surface area contributed by atoms with E-state index < -0.39 is 22.7 Å². The van der Waals surface area contributed by atoms with E-state index in [9.17, 15) is 26.8 Å². The maximum absolute atomic E-state index is 13.4. The monoisotopic (exact) mass is 504 g/mol. The average Bonchev–Trinajstić information content (AvgIpc) is 3.42. The van der Waals surface area contributed by atoms with Crippen molar-refractivity contribution in [2.75, 3.05) is 6.54 Å². The van der Waals surface area contributed by atoms with Gasteiger partial charge in [-0.2, -0.15) is 26.4 Å². The number of alkyl halides is 2. The van der Waals surface area contributed by atoms with E-state index in [1.807, 2.05) is 18.2 Å². The molecule has 0 saturated carbocycles. The summed E-state index contributed by atoms with van der Waals surface area (Å²) >= 11 is 0. The highest BCUT2D eigenvalue weighted by atomic mass is 32.2. The van der Waals surface area contributed by atoms with Crippen LogP contribution in [0.4, 0.5) is 8.78 Å². The maximum atomic E-state index is 13.4. The van der Waals surface area contributed by atoms with Crippen molar-refractivity contribution in [3.8, 4) is 5.75 Å². The summed E-state index contributed by atoms with van der Waals surface area (Å²) < 4.78 is 55.6. The molecule has 5 rings (SSSR count). The minimum Gasteiger partial charge on any atom is -0.435 e. The molecule has 2 aromatic rings. The lowest BCUT2D eigenvalue weighted by Gasteiger charge is -2.39. The van der Waals surface area contributed by atoms with Gasteiger partial charge >= 0.3 is 6.61 Å². The maximum Gasteiger partial charge on any atom is 0.387 e. The number of ether oxygens (including phenoxy) is 1. The smallest absolute Gasteiger partial charge is 0.387 e. The average molecular weight is 505 g/mol. The van der Waals surface area contributed by atoms with Gasteiger partial charge in [0, 0.05) is 31.3 Å². The molecule has 3 aliphatic rings. The minimum atomic E-state index is -4.06. The molecule has 184 valence electrons. The van der Waals surface area contributed by atoms with Crippen molar-refractivity contribution >= 4 is 21.8 Å². The largest absolute Gasteiger partial charge is 0.435 e. The molecule has 3 heterocycles. The fourth-order valence-electron chi connectivity index (χ4n) is 4.38. The fourth-order valence-corrected chi connectivity index (χ4v) is 5.55. The second-order valence-corrected chi connectivity index (χ2v) is 10.2. The molecular formula is C23H22F2N4O5S. The summed E-state index contributed by atoms with van der Waals surface area (Å²) in [5, 5.41) is 4.18.